The molecule has 0 aliphatic heterocycles. The summed E-state index contributed by atoms with van der Waals surface area (Å²) in [5.74, 6) is 0.908. The molecule has 0 bridgehead atoms. The maximum Gasteiger partial charge on any atom is 0.152 e. The lowest BCUT2D eigenvalue weighted by molar-refractivity contribution is 0.271. The molecular formula is C76H65ClN8O. The second-order valence-electron chi connectivity index (χ2n) is 21.5. The van der Waals surface area contributed by atoms with Gasteiger partial charge >= 0.3 is 0 Å². The summed E-state index contributed by atoms with van der Waals surface area (Å²) in [7, 11) is 0. The number of hydrogen-bond acceptors (Lipinski definition) is 6. The lowest BCUT2D eigenvalue weighted by Gasteiger charge is -2.35. The summed E-state index contributed by atoms with van der Waals surface area (Å²) in [5.41, 5.74) is 16.3. The van der Waals surface area contributed by atoms with Crippen molar-refractivity contribution in [3.63, 3.8) is 0 Å². The fraction of sp³-hybridized carbons (Fsp3) is 0.118. The SMILES string of the molecule is CCCCc1nc(Cl)c(CO)n1Cc1ccc(-c2ccccc2-c2cn(C(c3ccccc3)(c3ccccc3)c3ccccc3)nn2)cc1.Cc1ccc(-c2ccccc2-c2cn(C(c3ccccc3)(c3ccccc3)c3ccccc3)nn2)cc1. The van der Waals surface area contributed by atoms with Crippen molar-refractivity contribution in [1.82, 2.24) is 39.5 Å². The molecule has 0 spiro atoms. The molecule has 0 aliphatic carbocycles. The van der Waals surface area contributed by atoms with Gasteiger partial charge < -0.3 is 9.67 Å². The zero-order chi connectivity index (χ0) is 58.7. The lowest BCUT2D eigenvalue weighted by Crippen LogP contribution is -2.38. The van der Waals surface area contributed by atoms with Crippen LogP contribution in [0.1, 0.15) is 75.8 Å². The van der Waals surface area contributed by atoms with Crippen molar-refractivity contribution in [3.05, 3.63) is 353 Å². The van der Waals surface area contributed by atoms with Crippen molar-refractivity contribution in [2.24, 2.45) is 0 Å². The van der Waals surface area contributed by atoms with Gasteiger partial charge in [0.25, 0.3) is 0 Å². The molecule has 0 amide bonds. The van der Waals surface area contributed by atoms with Crippen LogP contribution in [0.2, 0.25) is 5.15 Å². The van der Waals surface area contributed by atoms with Gasteiger partial charge in [-0.1, -0.05) is 320 Å². The van der Waals surface area contributed by atoms with Crippen LogP contribution >= 0.6 is 11.6 Å². The number of aryl methyl sites for hydroxylation is 2. The number of aromatic nitrogens is 8. The standard InChI is InChI=1S/C42H38ClN5O.C34H27N3/c1-2-3-23-40-44-41(43)39(30-49)47(40)28-31-24-26-32(27-25-31)36-21-13-14-22-37(36)38-29-48(46-45-38)42(33-15-7-4-8-16-33,34-17-9-5-10-18-34)35-19-11-6-12-20-35;1-26-21-23-27(24-22-26)31-19-11-12-20-32(31)33-25-37(36-35-33)34(28-13-5-2-6-14-28,29-15-7-3-8-16-29)30-17-9-4-10-18-30/h4-22,24-27,29,49H,2-3,23,28,30H2,1H3;2-25H,1H3. The predicted molar refractivity (Wildman–Crippen MR) is 347 cm³/mol. The second kappa shape index (κ2) is 25.8. The maximum absolute atomic E-state index is 10.0. The Morgan fingerprint density at radius 2 is 0.756 bits per heavy atom. The van der Waals surface area contributed by atoms with Crippen LogP contribution in [0.5, 0.6) is 0 Å². The van der Waals surface area contributed by atoms with Crippen molar-refractivity contribution in [3.8, 4) is 44.8 Å². The third-order valence-corrected chi connectivity index (χ3v) is 16.5. The van der Waals surface area contributed by atoms with E-state index in [1.807, 2.05) is 33.6 Å². The molecule has 0 aliphatic rings. The van der Waals surface area contributed by atoms with Crippen molar-refractivity contribution in [2.45, 2.75) is 57.3 Å². The van der Waals surface area contributed by atoms with Crippen molar-refractivity contribution in [1.29, 1.82) is 0 Å². The molecule has 1 N–H and O–H groups in total. The van der Waals surface area contributed by atoms with Crippen LogP contribution in [0.25, 0.3) is 44.8 Å². The van der Waals surface area contributed by atoms with Crippen LogP contribution in [0.4, 0.5) is 0 Å². The van der Waals surface area contributed by atoms with Gasteiger partial charge in [-0.25, -0.2) is 14.3 Å². The van der Waals surface area contributed by atoms with Gasteiger partial charge in [-0.05, 0) is 74.5 Å². The first-order valence-electron chi connectivity index (χ1n) is 29.3. The second-order valence-corrected chi connectivity index (χ2v) is 21.8. The molecule has 10 heteroatoms. The van der Waals surface area contributed by atoms with Gasteiger partial charge in [0.1, 0.15) is 28.3 Å². The molecule has 0 atom stereocenters. The summed E-state index contributed by atoms with van der Waals surface area (Å²) in [4.78, 5) is 4.56. The Hall–Kier alpha value is -10.1. The first kappa shape index (κ1) is 56.4. The Morgan fingerprint density at radius 1 is 0.419 bits per heavy atom. The minimum Gasteiger partial charge on any atom is -0.390 e. The average Bonchev–Trinajstić information content (AvgIpc) is 1.88. The maximum atomic E-state index is 10.0. The highest BCUT2D eigenvalue weighted by Gasteiger charge is 2.41. The number of aliphatic hydroxyl groups excluding tert-OH is 1. The molecule has 0 radical (unpaired) electrons. The van der Waals surface area contributed by atoms with Crippen LogP contribution in [0.3, 0.4) is 0 Å². The highest BCUT2D eigenvalue weighted by atomic mass is 35.5. The van der Waals surface area contributed by atoms with Crippen LogP contribution in [-0.4, -0.2) is 44.6 Å². The molecule has 3 aromatic heterocycles. The van der Waals surface area contributed by atoms with Crippen LogP contribution < -0.4 is 0 Å². The molecule has 10 aromatic carbocycles. The summed E-state index contributed by atoms with van der Waals surface area (Å²) in [6, 6.07) is 97.1. The summed E-state index contributed by atoms with van der Waals surface area (Å²) in [6.07, 6.45) is 7.05. The van der Waals surface area contributed by atoms with E-state index in [2.05, 4.69) is 291 Å². The Labute approximate surface area is 508 Å². The normalized spacial score (nSPS) is 11.5. The van der Waals surface area contributed by atoms with Gasteiger partial charge in [-0.15, -0.1) is 10.2 Å². The van der Waals surface area contributed by atoms with Gasteiger partial charge in [0.05, 0.1) is 24.7 Å². The van der Waals surface area contributed by atoms with Crippen molar-refractivity contribution < 1.29 is 5.11 Å². The minimum absolute atomic E-state index is 0.149. The van der Waals surface area contributed by atoms with E-state index in [1.54, 1.807) is 0 Å². The largest absolute Gasteiger partial charge is 0.390 e. The van der Waals surface area contributed by atoms with Gasteiger partial charge in [0.2, 0.25) is 0 Å². The first-order valence-corrected chi connectivity index (χ1v) is 29.7. The Balaban J connectivity index is 0.000000175. The molecular weight excluding hydrogens is 1080 g/mol. The zero-order valence-electron chi connectivity index (χ0n) is 48.2. The molecule has 0 saturated heterocycles. The molecule has 422 valence electrons. The fourth-order valence-corrected chi connectivity index (χ4v) is 12.2. The highest BCUT2D eigenvalue weighted by Crippen LogP contribution is 2.44. The third kappa shape index (κ3) is 11.1. The highest BCUT2D eigenvalue weighted by molar-refractivity contribution is 6.30. The number of rotatable bonds is 18. The predicted octanol–water partition coefficient (Wildman–Crippen LogP) is 16.9. The average molecular weight is 1140 g/mol. The third-order valence-electron chi connectivity index (χ3n) is 16.2. The van der Waals surface area contributed by atoms with E-state index in [9.17, 15) is 5.11 Å². The summed E-state index contributed by atoms with van der Waals surface area (Å²) < 4.78 is 6.08. The van der Waals surface area contributed by atoms with E-state index in [-0.39, 0.29) is 6.61 Å². The summed E-state index contributed by atoms with van der Waals surface area (Å²) >= 11 is 6.41. The number of imidazole rings is 1. The number of nitrogens with zero attached hydrogens (tertiary/aromatic N) is 8. The Morgan fingerprint density at radius 3 is 1.10 bits per heavy atom. The van der Waals surface area contributed by atoms with Crippen LogP contribution in [0.15, 0.2) is 291 Å². The smallest absolute Gasteiger partial charge is 0.152 e. The quantitative estimate of drug-likeness (QED) is 0.0860. The minimum atomic E-state index is -0.745. The van der Waals surface area contributed by atoms with Gasteiger partial charge in [0, 0.05) is 24.1 Å². The van der Waals surface area contributed by atoms with Gasteiger partial charge in [-0.3, -0.25) is 0 Å². The van der Waals surface area contributed by atoms with E-state index in [4.69, 9.17) is 32.2 Å². The van der Waals surface area contributed by atoms with Crippen LogP contribution in [-0.2, 0) is 30.7 Å². The monoisotopic (exact) mass is 1140 g/mol. The first-order chi connectivity index (χ1) is 42.4. The van der Waals surface area contributed by atoms with E-state index < -0.39 is 11.1 Å². The van der Waals surface area contributed by atoms with Gasteiger partial charge in [0.15, 0.2) is 5.15 Å². The Kier molecular flexibility index (Phi) is 16.9. The fourth-order valence-electron chi connectivity index (χ4n) is 12.0. The summed E-state index contributed by atoms with van der Waals surface area (Å²) in [5, 5.41) is 29.6. The van der Waals surface area contributed by atoms with E-state index in [1.165, 1.54) is 5.56 Å². The number of hydrogen-bond donors (Lipinski definition) is 1. The van der Waals surface area contributed by atoms with Crippen molar-refractivity contribution >= 4 is 11.6 Å². The van der Waals surface area contributed by atoms with Gasteiger partial charge in [-0.2, -0.15) is 0 Å². The molecule has 0 saturated carbocycles. The summed E-state index contributed by atoms with van der Waals surface area (Å²) in [6.45, 7) is 4.71. The van der Waals surface area contributed by atoms with Crippen LogP contribution in [0, 0.1) is 6.92 Å². The van der Waals surface area contributed by atoms with E-state index in [0.717, 1.165) is 109 Å². The molecule has 0 unspecified atom stereocenters. The number of unbranched alkanes of at least 4 members (excludes halogenated alkanes) is 1. The molecule has 0 fully saturated rings. The molecule has 86 heavy (non-hydrogen) atoms. The number of aliphatic hydroxyl groups is 1. The molecule has 3 heterocycles. The topological polar surface area (TPSA) is 99.5 Å². The van der Waals surface area contributed by atoms with E-state index in [0.29, 0.717) is 17.4 Å². The Bertz CT molecular complexity index is 4090. The molecule has 13 rings (SSSR count). The lowest BCUT2D eigenvalue weighted by atomic mass is 9.77. The van der Waals surface area contributed by atoms with Crippen molar-refractivity contribution in [2.75, 3.05) is 0 Å². The zero-order valence-corrected chi connectivity index (χ0v) is 48.9. The molecule has 13 aromatic rings. The number of halogens is 1. The molecule has 9 nitrogen and oxygen atoms in total. The number of benzene rings is 10. The van der Waals surface area contributed by atoms with E-state index >= 15 is 0 Å².